The van der Waals surface area contributed by atoms with E-state index in [2.05, 4.69) is 11.2 Å². The van der Waals surface area contributed by atoms with Gasteiger partial charge in [0, 0.05) is 11.6 Å². The third kappa shape index (κ3) is 1.58. The zero-order valence-corrected chi connectivity index (χ0v) is 8.11. The molecule has 68 valence electrons. The minimum absolute atomic E-state index is 0.693. The van der Waals surface area contributed by atoms with Gasteiger partial charge in [0.25, 0.3) is 0 Å². The Balaban J connectivity index is 2.38. The third-order valence-corrected chi connectivity index (χ3v) is 2.48. The molecule has 3 nitrogen and oxygen atoms in total. The minimum Gasteiger partial charge on any atom is -0.228 e. The van der Waals surface area contributed by atoms with Crippen molar-refractivity contribution in [3.63, 3.8) is 0 Å². The molecule has 2 aromatic rings. The summed E-state index contributed by atoms with van der Waals surface area (Å²) in [5.41, 5.74) is 0.838. The van der Waals surface area contributed by atoms with Crippen molar-refractivity contribution < 1.29 is 0 Å². The molecule has 0 N–H and O–H groups in total. The molecular weight excluding hydrogens is 194 g/mol. The van der Waals surface area contributed by atoms with Crippen LogP contribution in [-0.2, 0) is 0 Å². The lowest BCUT2D eigenvalue weighted by Crippen LogP contribution is -2.07. The molecule has 14 heavy (non-hydrogen) atoms. The number of benzene rings is 1. The summed E-state index contributed by atoms with van der Waals surface area (Å²) in [6, 6.07) is 9.47. The zero-order valence-electron chi connectivity index (χ0n) is 7.29. The Bertz CT molecular complexity index is 430. The maximum absolute atomic E-state index is 8.99. The maximum atomic E-state index is 8.99. The molecule has 0 spiro atoms. The highest BCUT2D eigenvalue weighted by Gasteiger charge is 2.09. The number of nitriles is 1. The lowest BCUT2D eigenvalue weighted by atomic mass is 10.3. The second-order valence-electron chi connectivity index (χ2n) is 2.59. The first-order chi connectivity index (χ1) is 6.92. The van der Waals surface area contributed by atoms with E-state index in [1.165, 1.54) is 16.2 Å². The van der Waals surface area contributed by atoms with Crippen molar-refractivity contribution in [1.29, 1.82) is 5.26 Å². The van der Waals surface area contributed by atoms with Crippen LogP contribution in [0.1, 0.15) is 0 Å². The van der Waals surface area contributed by atoms with E-state index < -0.39 is 0 Å². The van der Waals surface area contributed by atoms with Gasteiger partial charge in [-0.15, -0.1) is 11.3 Å². The average molecular weight is 201 g/mol. The number of anilines is 2. The number of para-hydroxylation sites is 1. The third-order valence-electron chi connectivity index (χ3n) is 1.72. The van der Waals surface area contributed by atoms with E-state index in [0.29, 0.717) is 5.13 Å². The van der Waals surface area contributed by atoms with E-state index in [0.717, 1.165) is 5.69 Å². The minimum atomic E-state index is 0.693. The van der Waals surface area contributed by atoms with Crippen molar-refractivity contribution in [2.75, 3.05) is 4.90 Å². The zero-order chi connectivity index (χ0) is 9.80. The monoisotopic (exact) mass is 201 g/mol. The molecule has 0 fully saturated rings. The lowest BCUT2D eigenvalue weighted by molar-refractivity contribution is 1.23. The fourth-order valence-electron chi connectivity index (χ4n) is 1.11. The van der Waals surface area contributed by atoms with Crippen LogP contribution in [-0.4, -0.2) is 4.98 Å². The molecule has 1 aromatic heterocycles. The topological polar surface area (TPSA) is 39.9 Å². The molecule has 0 saturated carbocycles. The van der Waals surface area contributed by atoms with E-state index in [-0.39, 0.29) is 0 Å². The standard InChI is InChI=1S/C10H7N3S/c11-8-13(10-12-6-7-14-10)9-4-2-1-3-5-9/h1-7H. The molecule has 4 heteroatoms. The first-order valence-corrected chi connectivity index (χ1v) is 4.94. The first-order valence-electron chi connectivity index (χ1n) is 4.06. The van der Waals surface area contributed by atoms with E-state index >= 15 is 0 Å². The number of aromatic nitrogens is 1. The summed E-state index contributed by atoms with van der Waals surface area (Å²) < 4.78 is 0. The summed E-state index contributed by atoms with van der Waals surface area (Å²) in [4.78, 5) is 5.59. The van der Waals surface area contributed by atoms with E-state index in [1.54, 1.807) is 6.20 Å². The number of hydrogen-bond acceptors (Lipinski definition) is 4. The van der Waals surface area contributed by atoms with E-state index in [9.17, 15) is 0 Å². The molecule has 0 aliphatic carbocycles. The van der Waals surface area contributed by atoms with Crippen molar-refractivity contribution >= 4 is 22.2 Å². The van der Waals surface area contributed by atoms with Gasteiger partial charge in [-0.3, -0.25) is 0 Å². The van der Waals surface area contributed by atoms with Gasteiger partial charge >= 0.3 is 0 Å². The van der Waals surface area contributed by atoms with Crippen LogP contribution in [0.15, 0.2) is 41.9 Å². The molecule has 0 unspecified atom stereocenters. The SMILES string of the molecule is N#CN(c1ccccc1)c1nccs1. The van der Waals surface area contributed by atoms with Gasteiger partial charge in [-0.2, -0.15) is 5.26 Å². The van der Waals surface area contributed by atoms with Crippen LogP contribution in [0.2, 0.25) is 0 Å². The molecule has 0 aliphatic heterocycles. The van der Waals surface area contributed by atoms with Crippen LogP contribution >= 0.6 is 11.3 Å². The second-order valence-corrected chi connectivity index (χ2v) is 3.46. The van der Waals surface area contributed by atoms with Gasteiger partial charge in [-0.05, 0) is 12.1 Å². The van der Waals surface area contributed by atoms with Crippen LogP contribution in [0, 0.1) is 11.5 Å². The van der Waals surface area contributed by atoms with Crippen molar-refractivity contribution in [1.82, 2.24) is 4.98 Å². The first kappa shape index (κ1) is 8.73. The number of thiazole rings is 1. The molecule has 0 bridgehead atoms. The van der Waals surface area contributed by atoms with Crippen LogP contribution in [0.3, 0.4) is 0 Å². The number of nitrogens with zero attached hydrogens (tertiary/aromatic N) is 3. The summed E-state index contributed by atoms with van der Waals surface area (Å²) in [6.45, 7) is 0. The highest BCUT2D eigenvalue weighted by atomic mass is 32.1. The van der Waals surface area contributed by atoms with Crippen molar-refractivity contribution in [3.8, 4) is 6.19 Å². The Morgan fingerprint density at radius 2 is 2.07 bits per heavy atom. The predicted molar refractivity (Wildman–Crippen MR) is 56.3 cm³/mol. The van der Waals surface area contributed by atoms with Gasteiger partial charge in [-0.25, -0.2) is 9.88 Å². The second kappa shape index (κ2) is 3.90. The molecular formula is C10H7N3S. The lowest BCUT2D eigenvalue weighted by Gasteiger charge is -2.10. The van der Waals surface area contributed by atoms with Crippen molar-refractivity contribution in [3.05, 3.63) is 41.9 Å². The van der Waals surface area contributed by atoms with Crippen LogP contribution in [0.5, 0.6) is 0 Å². The van der Waals surface area contributed by atoms with Gasteiger partial charge in [0.2, 0.25) is 5.13 Å². The Labute approximate surface area is 85.9 Å². The smallest absolute Gasteiger partial charge is 0.203 e. The van der Waals surface area contributed by atoms with Gasteiger partial charge in [0.15, 0.2) is 6.19 Å². The molecule has 2 rings (SSSR count). The summed E-state index contributed by atoms with van der Waals surface area (Å²) in [7, 11) is 0. The van der Waals surface area contributed by atoms with Gasteiger partial charge < -0.3 is 0 Å². The van der Waals surface area contributed by atoms with Gasteiger partial charge in [0.05, 0.1) is 5.69 Å². The van der Waals surface area contributed by atoms with Crippen molar-refractivity contribution in [2.45, 2.75) is 0 Å². The molecule has 0 atom stereocenters. The highest BCUT2D eigenvalue weighted by molar-refractivity contribution is 7.13. The summed E-state index contributed by atoms with van der Waals surface area (Å²) in [5, 5.41) is 11.5. The molecule has 0 amide bonds. The normalized spacial score (nSPS) is 9.36. The average Bonchev–Trinajstić information content (AvgIpc) is 2.74. The Morgan fingerprint density at radius 3 is 2.64 bits per heavy atom. The molecule has 0 aliphatic rings. The fourth-order valence-corrected chi connectivity index (χ4v) is 1.73. The summed E-state index contributed by atoms with van der Waals surface area (Å²) >= 11 is 1.44. The van der Waals surface area contributed by atoms with E-state index in [1.807, 2.05) is 35.7 Å². The van der Waals surface area contributed by atoms with Crippen molar-refractivity contribution in [2.24, 2.45) is 0 Å². The van der Waals surface area contributed by atoms with Gasteiger partial charge in [0.1, 0.15) is 0 Å². The Morgan fingerprint density at radius 1 is 1.29 bits per heavy atom. The molecule has 0 radical (unpaired) electrons. The van der Waals surface area contributed by atoms with Gasteiger partial charge in [-0.1, -0.05) is 18.2 Å². The Hall–Kier alpha value is -1.86. The van der Waals surface area contributed by atoms with Crippen LogP contribution in [0.4, 0.5) is 10.8 Å². The highest BCUT2D eigenvalue weighted by Crippen LogP contribution is 2.25. The molecule has 1 aromatic carbocycles. The Kier molecular flexibility index (Phi) is 2.43. The predicted octanol–water partition coefficient (Wildman–Crippen LogP) is 2.76. The van der Waals surface area contributed by atoms with Crippen LogP contribution < -0.4 is 4.90 Å². The molecule has 1 heterocycles. The fraction of sp³-hybridized carbons (Fsp3) is 0. The number of hydrogen-bond donors (Lipinski definition) is 0. The number of rotatable bonds is 2. The maximum Gasteiger partial charge on any atom is 0.203 e. The molecule has 0 saturated heterocycles. The largest absolute Gasteiger partial charge is 0.228 e. The quantitative estimate of drug-likeness (QED) is 0.554. The summed E-state index contributed by atoms with van der Waals surface area (Å²) in [5.74, 6) is 0. The van der Waals surface area contributed by atoms with Crippen LogP contribution in [0.25, 0.3) is 0 Å². The van der Waals surface area contributed by atoms with E-state index in [4.69, 9.17) is 5.26 Å². The summed E-state index contributed by atoms with van der Waals surface area (Å²) in [6.07, 6.45) is 3.79.